The fourth-order valence-electron chi connectivity index (χ4n) is 3.02. The number of aryl methyl sites for hydroxylation is 3. The van der Waals surface area contributed by atoms with Gasteiger partial charge in [0.05, 0.1) is 16.0 Å². The highest BCUT2D eigenvalue weighted by Crippen LogP contribution is 2.38. The second-order valence-electron chi connectivity index (χ2n) is 6.77. The van der Waals surface area contributed by atoms with Gasteiger partial charge in [-0.3, -0.25) is 9.78 Å². The third kappa shape index (κ3) is 3.22. The number of sulfonamides is 1. The molecule has 1 aliphatic carbocycles. The Morgan fingerprint density at radius 3 is 2.69 bits per heavy atom. The van der Waals surface area contributed by atoms with Crippen molar-refractivity contribution in [1.82, 2.24) is 24.3 Å². The van der Waals surface area contributed by atoms with Crippen molar-refractivity contribution in [2.45, 2.75) is 44.2 Å². The van der Waals surface area contributed by atoms with Crippen molar-refractivity contribution in [3.05, 3.63) is 40.7 Å². The van der Waals surface area contributed by atoms with Crippen molar-refractivity contribution in [2.75, 3.05) is 0 Å². The summed E-state index contributed by atoms with van der Waals surface area (Å²) >= 11 is 1.46. The van der Waals surface area contributed by atoms with Crippen molar-refractivity contribution >= 4 is 21.4 Å². The minimum absolute atomic E-state index is 0.0792. The summed E-state index contributed by atoms with van der Waals surface area (Å²) < 4.78 is 30.1. The van der Waals surface area contributed by atoms with Crippen molar-refractivity contribution < 1.29 is 8.42 Å². The fourth-order valence-corrected chi connectivity index (χ4v) is 6.22. The third-order valence-electron chi connectivity index (χ3n) is 4.47. The minimum Gasteiger partial charge on any atom is -0.282 e. The molecule has 26 heavy (non-hydrogen) atoms. The predicted molar refractivity (Wildman–Crippen MR) is 100 cm³/mol. The largest absolute Gasteiger partial charge is 0.282 e. The van der Waals surface area contributed by atoms with E-state index in [4.69, 9.17) is 0 Å². The Hall–Kier alpha value is -1.97. The first kappa shape index (κ1) is 17.4. The number of thiophene rings is 1. The molecular weight excluding hydrogens is 370 g/mol. The van der Waals surface area contributed by atoms with Gasteiger partial charge < -0.3 is 0 Å². The van der Waals surface area contributed by atoms with Crippen molar-refractivity contribution in [3.8, 4) is 10.6 Å². The Morgan fingerprint density at radius 2 is 2.12 bits per heavy atom. The molecule has 3 aromatic rings. The molecule has 1 aliphatic rings. The molecule has 0 bridgehead atoms. The maximum atomic E-state index is 13.4. The maximum Gasteiger partial charge on any atom is 0.244 e. The standard InChI is InChI=1S/C17H21N5O2S2/c1-11-6-15(20-19-11)16-7-17(12(2)25-16)26(23,24)22(14-4-5-14)10-13-8-18-21(3)9-13/h6-9,14H,4-5,10H2,1-3H3,(H,19,20). The SMILES string of the molecule is Cc1cc(-c2cc(S(=O)(=O)N(Cc3cnn(C)c3)C3CC3)c(C)s2)n[nH]1. The second-order valence-corrected chi connectivity index (χ2v) is 9.89. The molecule has 0 aliphatic heterocycles. The summed E-state index contributed by atoms with van der Waals surface area (Å²) in [5, 5.41) is 11.3. The molecule has 0 amide bonds. The lowest BCUT2D eigenvalue weighted by Gasteiger charge is -2.21. The molecule has 3 aromatic heterocycles. The lowest BCUT2D eigenvalue weighted by atomic mass is 10.3. The van der Waals surface area contributed by atoms with Gasteiger partial charge in [-0.05, 0) is 38.8 Å². The monoisotopic (exact) mass is 391 g/mol. The van der Waals surface area contributed by atoms with E-state index in [9.17, 15) is 8.42 Å². The van der Waals surface area contributed by atoms with Crippen molar-refractivity contribution in [3.63, 3.8) is 0 Å². The molecule has 7 nitrogen and oxygen atoms in total. The molecule has 0 saturated heterocycles. The topological polar surface area (TPSA) is 83.9 Å². The van der Waals surface area contributed by atoms with E-state index in [2.05, 4.69) is 15.3 Å². The van der Waals surface area contributed by atoms with Crippen LogP contribution in [0.2, 0.25) is 0 Å². The molecule has 1 fully saturated rings. The van der Waals surface area contributed by atoms with Gasteiger partial charge in [0.1, 0.15) is 5.69 Å². The fraction of sp³-hybridized carbons (Fsp3) is 0.412. The summed E-state index contributed by atoms with van der Waals surface area (Å²) in [5.41, 5.74) is 2.63. The third-order valence-corrected chi connectivity index (χ3v) is 7.69. The van der Waals surface area contributed by atoms with Gasteiger partial charge in [0.2, 0.25) is 10.0 Å². The molecule has 0 aromatic carbocycles. The van der Waals surface area contributed by atoms with E-state index < -0.39 is 10.0 Å². The summed E-state index contributed by atoms with van der Waals surface area (Å²) in [6, 6.07) is 3.76. The zero-order chi connectivity index (χ0) is 18.5. The molecule has 4 rings (SSSR count). The number of aromatic amines is 1. The summed E-state index contributed by atoms with van der Waals surface area (Å²) in [4.78, 5) is 2.04. The molecule has 1 saturated carbocycles. The van der Waals surface area contributed by atoms with Gasteiger partial charge >= 0.3 is 0 Å². The number of hydrogen-bond acceptors (Lipinski definition) is 5. The Morgan fingerprint density at radius 1 is 1.35 bits per heavy atom. The molecule has 0 atom stereocenters. The normalized spacial score (nSPS) is 15.1. The highest BCUT2D eigenvalue weighted by molar-refractivity contribution is 7.89. The molecule has 1 N–H and O–H groups in total. The van der Waals surface area contributed by atoms with Gasteiger partial charge in [-0.25, -0.2) is 8.42 Å². The molecule has 0 radical (unpaired) electrons. The first-order chi connectivity index (χ1) is 12.3. The van der Waals surface area contributed by atoms with Crippen LogP contribution in [-0.2, 0) is 23.6 Å². The number of H-pyrrole nitrogens is 1. The first-order valence-electron chi connectivity index (χ1n) is 8.47. The Kier molecular flexibility index (Phi) is 4.25. The van der Waals surface area contributed by atoms with Crippen LogP contribution in [0.5, 0.6) is 0 Å². The highest BCUT2D eigenvalue weighted by atomic mass is 32.2. The Bertz CT molecular complexity index is 1040. The highest BCUT2D eigenvalue weighted by Gasteiger charge is 2.39. The van der Waals surface area contributed by atoms with Gasteiger partial charge in [0, 0.05) is 42.0 Å². The summed E-state index contributed by atoms with van der Waals surface area (Å²) in [6.45, 7) is 4.14. The van der Waals surface area contributed by atoms with Gasteiger partial charge in [-0.15, -0.1) is 11.3 Å². The van der Waals surface area contributed by atoms with Crippen LogP contribution < -0.4 is 0 Å². The summed E-state index contributed by atoms with van der Waals surface area (Å²) in [7, 11) is -1.74. The Labute approximate surface area is 156 Å². The van der Waals surface area contributed by atoms with Gasteiger partial charge in [0.15, 0.2) is 0 Å². The van der Waals surface area contributed by atoms with Gasteiger partial charge in [0.25, 0.3) is 0 Å². The van der Waals surface area contributed by atoms with E-state index in [1.807, 2.05) is 33.2 Å². The number of nitrogens with one attached hydrogen (secondary N) is 1. The van der Waals surface area contributed by atoms with E-state index in [0.717, 1.165) is 39.5 Å². The zero-order valence-electron chi connectivity index (χ0n) is 14.9. The van der Waals surface area contributed by atoms with E-state index >= 15 is 0 Å². The molecule has 0 spiro atoms. The average molecular weight is 392 g/mol. The van der Waals surface area contributed by atoms with E-state index in [1.54, 1.807) is 21.3 Å². The lowest BCUT2D eigenvalue weighted by molar-refractivity contribution is 0.398. The quantitative estimate of drug-likeness (QED) is 0.700. The number of aromatic nitrogens is 4. The molecule has 9 heteroatoms. The molecule has 138 valence electrons. The van der Waals surface area contributed by atoms with Crippen LogP contribution in [0.1, 0.15) is 29.0 Å². The lowest BCUT2D eigenvalue weighted by Crippen LogP contribution is -2.32. The van der Waals surface area contributed by atoms with E-state index in [0.29, 0.717) is 11.4 Å². The van der Waals surface area contributed by atoms with E-state index in [1.165, 1.54) is 11.3 Å². The number of rotatable bonds is 6. The number of nitrogens with zero attached hydrogens (tertiary/aromatic N) is 4. The first-order valence-corrected chi connectivity index (χ1v) is 10.7. The van der Waals surface area contributed by atoms with Crippen LogP contribution in [0.15, 0.2) is 29.4 Å². The molecular formula is C17H21N5O2S2. The molecule has 0 unspecified atom stereocenters. The number of hydrogen-bond donors (Lipinski definition) is 1. The van der Waals surface area contributed by atoms with Crippen molar-refractivity contribution in [2.24, 2.45) is 7.05 Å². The smallest absolute Gasteiger partial charge is 0.244 e. The van der Waals surface area contributed by atoms with Gasteiger partial charge in [-0.2, -0.15) is 14.5 Å². The average Bonchev–Trinajstić information content (AvgIpc) is 2.97. The van der Waals surface area contributed by atoms with Crippen LogP contribution in [-0.4, -0.2) is 38.7 Å². The zero-order valence-corrected chi connectivity index (χ0v) is 16.6. The van der Waals surface area contributed by atoms with Crippen LogP contribution >= 0.6 is 11.3 Å². The minimum atomic E-state index is -3.57. The Balaban J connectivity index is 1.69. The summed E-state index contributed by atoms with van der Waals surface area (Å²) in [6.07, 6.45) is 5.41. The second kappa shape index (κ2) is 6.33. The maximum absolute atomic E-state index is 13.4. The van der Waals surface area contributed by atoms with Crippen LogP contribution in [0.3, 0.4) is 0 Å². The van der Waals surface area contributed by atoms with Crippen LogP contribution in [0.4, 0.5) is 0 Å². The van der Waals surface area contributed by atoms with E-state index in [-0.39, 0.29) is 6.04 Å². The molecule has 3 heterocycles. The summed E-state index contributed by atoms with van der Waals surface area (Å²) in [5.74, 6) is 0. The van der Waals surface area contributed by atoms with Crippen LogP contribution in [0, 0.1) is 13.8 Å². The predicted octanol–water partition coefficient (Wildman–Crippen LogP) is 2.84. The van der Waals surface area contributed by atoms with Crippen LogP contribution in [0.25, 0.3) is 10.6 Å². The van der Waals surface area contributed by atoms with Crippen molar-refractivity contribution in [1.29, 1.82) is 0 Å². The van der Waals surface area contributed by atoms with Gasteiger partial charge in [-0.1, -0.05) is 0 Å².